The predicted molar refractivity (Wildman–Crippen MR) is 69.3 cm³/mol. The molecule has 0 saturated carbocycles. The van der Waals surface area contributed by atoms with Crippen molar-refractivity contribution in [3.8, 4) is 0 Å². The van der Waals surface area contributed by atoms with Crippen LogP contribution < -0.4 is 10.5 Å². The Balaban J connectivity index is 2.70. The van der Waals surface area contributed by atoms with Gasteiger partial charge in [-0.2, -0.15) is 0 Å². The molecular formula is C12H20N2OS. The Hall–Kier alpha value is -0.550. The Morgan fingerprint density at radius 2 is 1.88 bits per heavy atom. The highest BCUT2D eigenvalue weighted by Crippen LogP contribution is 2.19. The van der Waals surface area contributed by atoms with Gasteiger partial charge in [-0.05, 0) is 26.3 Å². The molecule has 3 N–H and O–H groups in total. The summed E-state index contributed by atoms with van der Waals surface area (Å²) in [5.74, 6) is 0. The number of hydrogen-bond acceptors (Lipinski definition) is 3. The summed E-state index contributed by atoms with van der Waals surface area (Å²) in [7, 11) is 0. The topological polar surface area (TPSA) is 61.1 Å². The minimum atomic E-state index is -1.10. The highest BCUT2D eigenvalue weighted by Gasteiger charge is 2.29. The lowest BCUT2D eigenvalue weighted by Gasteiger charge is -2.27. The Morgan fingerprint density at radius 1 is 1.31 bits per heavy atom. The van der Waals surface area contributed by atoms with Gasteiger partial charge in [-0.15, -0.1) is 4.72 Å². The Kier molecular flexibility index (Phi) is 4.80. The molecule has 0 amide bonds. The van der Waals surface area contributed by atoms with Crippen LogP contribution >= 0.6 is 0 Å². The molecule has 90 valence electrons. The van der Waals surface area contributed by atoms with Crippen molar-refractivity contribution in [3.63, 3.8) is 0 Å². The molecule has 16 heavy (non-hydrogen) atoms. The van der Waals surface area contributed by atoms with Crippen molar-refractivity contribution < 1.29 is 4.55 Å². The third-order valence-electron chi connectivity index (χ3n) is 2.24. The van der Waals surface area contributed by atoms with Crippen LogP contribution in [0.2, 0.25) is 0 Å². The standard InChI is InChI=1S/C12H20N2OS/c1-12(2,3)16(15)14-11(9-13)10-7-5-4-6-8-10/h4-8,11,14H,9,13H2,1-3H3/t11?,16-/m0/s1. The first-order valence-corrected chi connectivity index (χ1v) is 6.53. The third kappa shape index (κ3) is 3.79. The second kappa shape index (κ2) is 5.68. The molecular weight excluding hydrogens is 220 g/mol. The van der Waals surface area contributed by atoms with E-state index < -0.39 is 11.4 Å². The first-order chi connectivity index (χ1) is 7.45. The summed E-state index contributed by atoms with van der Waals surface area (Å²) < 4.78 is 14.7. The number of benzene rings is 1. The van der Waals surface area contributed by atoms with Gasteiger partial charge in [0.05, 0.1) is 6.04 Å². The van der Waals surface area contributed by atoms with Gasteiger partial charge in [0.1, 0.15) is 4.75 Å². The Bertz CT molecular complexity index is 311. The lowest BCUT2D eigenvalue weighted by molar-refractivity contribution is 0.525. The van der Waals surface area contributed by atoms with Gasteiger partial charge in [-0.1, -0.05) is 30.3 Å². The van der Waals surface area contributed by atoms with Crippen LogP contribution in [-0.2, 0) is 11.4 Å². The zero-order valence-corrected chi connectivity index (χ0v) is 10.9. The molecule has 0 aliphatic heterocycles. The fourth-order valence-corrected chi connectivity index (χ4v) is 2.09. The van der Waals surface area contributed by atoms with Crippen molar-refractivity contribution in [2.75, 3.05) is 6.54 Å². The molecule has 0 radical (unpaired) electrons. The second-order valence-electron chi connectivity index (χ2n) is 4.70. The minimum Gasteiger partial charge on any atom is -0.598 e. The molecule has 0 aliphatic carbocycles. The summed E-state index contributed by atoms with van der Waals surface area (Å²) in [5.41, 5.74) is 6.77. The normalized spacial score (nSPS) is 15.8. The molecule has 3 nitrogen and oxygen atoms in total. The maximum atomic E-state index is 12.0. The van der Waals surface area contributed by atoms with Crippen LogP contribution in [-0.4, -0.2) is 15.8 Å². The average Bonchev–Trinajstić information content (AvgIpc) is 2.25. The fraction of sp³-hybridized carbons (Fsp3) is 0.500. The molecule has 0 saturated heterocycles. The van der Waals surface area contributed by atoms with E-state index in [0.717, 1.165) is 5.56 Å². The van der Waals surface area contributed by atoms with Crippen LogP contribution in [0.25, 0.3) is 0 Å². The van der Waals surface area contributed by atoms with Crippen LogP contribution in [0.15, 0.2) is 30.3 Å². The largest absolute Gasteiger partial charge is 0.598 e. The average molecular weight is 240 g/mol. The van der Waals surface area contributed by atoms with Gasteiger partial charge >= 0.3 is 0 Å². The number of nitrogens with two attached hydrogens (primary N) is 1. The van der Waals surface area contributed by atoms with E-state index in [4.69, 9.17) is 5.73 Å². The van der Waals surface area contributed by atoms with Crippen molar-refractivity contribution >= 4 is 11.4 Å². The van der Waals surface area contributed by atoms with Crippen molar-refractivity contribution in [3.05, 3.63) is 35.9 Å². The van der Waals surface area contributed by atoms with Crippen LogP contribution in [0.5, 0.6) is 0 Å². The summed E-state index contributed by atoms with van der Waals surface area (Å²) in [6, 6.07) is 9.80. The first-order valence-electron chi connectivity index (χ1n) is 5.38. The minimum absolute atomic E-state index is 0.0544. The van der Waals surface area contributed by atoms with E-state index in [2.05, 4.69) is 4.72 Å². The lowest BCUT2D eigenvalue weighted by Crippen LogP contribution is -2.43. The van der Waals surface area contributed by atoms with Gasteiger partial charge in [-0.3, -0.25) is 0 Å². The molecule has 1 unspecified atom stereocenters. The van der Waals surface area contributed by atoms with Crippen LogP contribution in [0.1, 0.15) is 32.4 Å². The van der Waals surface area contributed by atoms with Gasteiger partial charge in [0, 0.05) is 17.9 Å². The molecule has 1 aromatic rings. The van der Waals surface area contributed by atoms with Crippen LogP contribution in [0, 0.1) is 0 Å². The highest BCUT2D eigenvalue weighted by atomic mass is 32.2. The number of hydrogen-bond donors (Lipinski definition) is 2. The fourth-order valence-electron chi connectivity index (χ4n) is 1.24. The molecule has 2 atom stereocenters. The Morgan fingerprint density at radius 3 is 2.31 bits per heavy atom. The molecule has 0 aliphatic rings. The van der Waals surface area contributed by atoms with Gasteiger partial charge in [0.25, 0.3) is 0 Å². The summed E-state index contributed by atoms with van der Waals surface area (Å²) in [6.07, 6.45) is 0. The van der Waals surface area contributed by atoms with Gasteiger partial charge in [-0.25, -0.2) is 0 Å². The first kappa shape index (κ1) is 13.5. The van der Waals surface area contributed by atoms with Crippen LogP contribution in [0.4, 0.5) is 0 Å². The lowest BCUT2D eigenvalue weighted by atomic mass is 10.1. The summed E-state index contributed by atoms with van der Waals surface area (Å²) in [5, 5.41) is 0. The Labute approximate surface area is 101 Å². The second-order valence-corrected chi connectivity index (χ2v) is 6.70. The predicted octanol–water partition coefficient (Wildman–Crippen LogP) is 1.74. The molecule has 0 spiro atoms. The van der Waals surface area contributed by atoms with Crippen molar-refractivity contribution in [1.82, 2.24) is 4.72 Å². The number of nitrogens with one attached hydrogen (secondary N) is 1. The summed E-state index contributed by atoms with van der Waals surface area (Å²) in [6.45, 7) is 6.25. The summed E-state index contributed by atoms with van der Waals surface area (Å²) in [4.78, 5) is 0. The van der Waals surface area contributed by atoms with Crippen molar-refractivity contribution in [1.29, 1.82) is 0 Å². The van der Waals surface area contributed by atoms with Gasteiger partial charge in [0.15, 0.2) is 0 Å². The summed E-state index contributed by atoms with van der Waals surface area (Å²) >= 11 is -1.10. The zero-order chi connectivity index (χ0) is 12.2. The molecule has 1 aromatic carbocycles. The van der Waals surface area contributed by atoms with E-state index in [-0.39, 0.29) is 10.8 Å². The monoisotopic (exact) mass is 240 g/mol. The van der Waals surface area contributed by atoms with E-state index in [1.54, 1.807) is 0 Å². The van der Waals surface area contributed by atoms with E-state index in [1.165, 1.54) is 0 Å². The smallest absolute Gasteiger partial charge is 0.136 e. The molecule has 0 heterocycles. The zero-order valence-electron chi connectivity index (χ0n) is 10.1. The van der Waals surface area contributed by atoms with E-state index in [1.807, 2.05) is 51.1 Å². The van der Waals surface area contributed by atoms with Crippen LogP contribution in [0.3, 0.4) is 0 Å². The van der Waals surface area contributed by atoms with E-state index in [0.29, 0.717) is 6.54 Å². The molecule has 4 heteroatoms. The quantitative estimate of drug-likeness (QED) is 0.788. The van der Waals surface area contributed by atoms with Crippen molar-refractivity contribution in [2.45, 2.75) is 31.6 Å². The molecule has 0 fully saturated rings. The number of rotatable bonds is 4. The molecule has 0 bridgehead atoms. The van der Waals surface area contributed by atoms with Crippen molar-refractivity contribution in [2.24, 2.45) is 5.73 Å². The van der Waals surface area contributed by atoms with E-state index in [9.17, 15) is 4.55 Å². The maximum Gasteiger partial charge on any atom is 0.136 e. The SMILES string of the molecule is CC(C)(C)[S@+]([O-])NC(CN)c1ccccc1. The maximum absolute atomic E-state index is 12.0. The third-order valence-corrected chi connectivity index (χ3v) is 3.85. The van der Waals surface area contributed by atoms with Gasteiger partial charge in [0.2, 0.25) is 0 Å². The highest BCUT2D eigenvalue weighted by molar-refractivity contribution is 7.90. The van der Waals surface area contributed by atoms with Gasteiger partial charge < -0.3 is 10.3 Å². The molecule has 1 rings (SSSR count). The van der Waals surface area contributed by atoms with E-state index >= 15 is 0 Å². The molecule has 0 aromatic heterocycles.